The summed E-state index contributed by atoms with van der Waals surface area (Å²) < 4.78 is 28.6. The van der Waals surface area contributed by atoms with Crippen LogP contribution in [0.15, 0.2) is 40.8 Å². The SMILES string of the molecule is COC(=O)c1ccc(COC(=O)[C@@H](NC(=O)c2ccccc2F)C(C)C)o1. The average Bonchev–Trinajstić information content (AvgIpc) is 3.12. The van der Waals surface area contributed by atoms with Crippen molar-refractivity contribution < 1.29 is 32.7 Å². The second-order valence-electron chi connectivity index (χ2n) is 6.04. The molecule has 0 saturated heterocycles. The maximum atomic E-state index is 13.7. The molecule has 2 rings (SSSR count). The van der Waals surface area contributed by atoms with Gasteiger partial charge in [-0.1, -0.05) is 26.0 Å². The van der Waals surface area contributed by atoms with Gasteiger partial charge in [-0.25, -0.2) is 14.0 Å². The van der Waals surface area contributed by atoms with E-state index in [2.05, 4.69) is 10.1 Å². The van der Waals surface area contributed by atoms with Gasteiger partial charge in [0.05, 0.1) is 12.7 Å². The van der Waals surface area contributed by atoms with E-state index in [0.717, 1.165) is 6.07 Å². The zero-order chi connectivity index (χ0) is 20.0. The van der Waals surface area contributed by atoms with Gasteiger partial charge in [-0.2, -0.15) is 0 Å². The van der Waals surface area contributed by atoms with Crippen LogP contribution in [-0.2, 0) is 20.9 Å². The number of carbonyl (C=O) groups is 3. The number of carbonyl (C=O) groups excluding carboxylic acids is 3. The van der Waals surface area contributed by atoms with E-state index in [-0.39, 0.29) is 29.6 Å². The van der Waals surface area contributed by atoms with E-state index in [1.54, 1.807) is 13.8 Å². The molecule has 2 aromatic rings. The molecule has 1 aromatic carbocycles. The Morgan fingerprint density at radius 1 is 1.15 bits per heavy atom. The summed E-state index contributed by atoms with van der Waals surface area (Å²) >= 11 is 0. The number of hydrogen-bond donors (Lipinski definition) is 1. The molecule has 0 saturated carbocycles. The minimum absolute atomic E-state index is 0.0168. The fourth-order valence-corrected chi connectivity index (χ4v) is 2.26. The van der Waals surface area contributed by atoms with Crippen LogP contribution in [0.1, 0.15) is 40.5 Å². The van der Waals surface area contributed by atoms with Gasteiger partial charge in [-0.05, 0) is 30.2 Å². The van der Waals surface area contributed by atoms with Gasteiger partial charge in [0.25, 0.3) is 5.91 Å². The monoisotopic (exact) mass is 377 g/mol. The highest BCUT2D eigenvalue weighted by atomic mass is 19.1. The van der Waals surface area contributed by atoms with Crippen LogP contribution in [0.25, 0.3) is 0 Å². The molecule has 0 spiro atoms. The largest absolute Gasteiger partial charge is 0.463 e. The van der Waals surface area contributed by atoms with Gasteiger partial charge in [0.2, 0.25) is 5.76 Å². The predicted molar refractivity (Wildman–Crippen MR) is 92.3 cm³/mol. The lowest BCUT2D eigenvalue weighted by Gasteiger charge is -2.20. The Morgan fingerprint density at radius 2 is 1.85 bits per heavy atom. The van der Waals surface area contributed by atoms with E-state index in [1.807, 2.05) is 0 Å². The van der Waals surface area contributed by atoms with E-state index < -0.39 is 29.7 Å². The van der Waals surface area contributed by atoms with E-state index in [9.17, 15) is 18.8 Å². The van der Waals surface area contributed by atoms with Crippen molar-refractivity contribution in [2.45, 2.75) is 26.5 Å². The molecule has 1 N–H and O–H groups in total. The van der Waals surface area contributed by atoms with Crippen molar-refractivity contribution in [1.82, 2.24) is 5.32 Å². The Balaban J connectivity index is 2.00. The van der Waals surface area contributed by atoms with Crippen molar-refractivity contribution in [3.05, 3.63) is 59.3 Å². The molecule has 0 aliphatic heterocycles. The predicted octanol–water partition coefficient (Wildman–Crippen LogP) is 2.70. The normalized spacial score (nSPS) is 11.7. The summed E-state index contributed by atoms with van der Waals surface area (Å²) in [6.07, 6.45) is 0. The highest BCUT2D eigenvalue weighted by molar-refractivity contribution is 5.97. The van der Waals surface area contributed by atoms with Crippen molar-refractivity contribution in [3.8, 4) is 0 Å². The molecule has 8 heteroatoms. The number of nitrogens with one attached hydrogen (secondary N) is 1. The van der Waals surface area contributed by atoms with Crippen LogP contribution in [-0.4, -0.2) is 31.0 Å². The van der Waals surface area contributed by atoms with Gasteiger partial charge in [0, 0.05) is 0 Å². The molecule has 1 aromatic heterocycles. The van der Waals surface area contributed by atoms with Crippen LogP contribution in [0.4, 0.5) is 4.39 Å². The minimum atomic E-state index is -0.979. The average molecular weight is 377 g/mol. The zero-order valence-corrected chi connectivity index (χ0v) is 15.2. The van der Waals surface area contributed by atoms with Crippen LogP contribution in [0.5, 0.6) is 0 Å². The zero-order valence-electron chi connectivity index (χ0n) is 15.2. The lowest BCUT2D eigenvalue weighted by Crippen LogP contribution is -2.45. The summed E-state index contributed by atoms with van der Waals surface area (Å²) in [7, 11) is 1.22. The number of methoxy groups -OCH3 is 1. The summed E-state index contributed by atoms with van der Waals surface area (Å²) in [4.78, 5) is 35.9. The number of amides is 1. The number of furan rings is 1. The minimum Gasteiger partial charge on any atom is -0.463 e. The highest BCUT2D eigenvalue weighted by Crippen LogP contribution is 2.13. The Labute approximate surface area is 155 Å². The topological polar surface area (TPSA) is 94.8 Å². The fourth-order valence-electron chi connectivity index (χ4n) is 2.26. The number of ether oxygens (including phenoxy) is 2. The number of halogens is 1. The second-order valence-corrected chi connectivity index (χ2v) is 6.04. The summed E-state index contributed by atoms with van der Waals surface area (Å²) in [6.45, 7) is 3.21. The molecule has 0 aliphatic rings. The highest BCUT2D eigenvalue weighted by Gasteiger charge is 2.27. The third kappa shape index (κ3) is 5.16. The van der Waals surface area contributed by atoms with E-state index in [0.29, 0.717) is 0 Å². The summed E-state index contributed by atoms with van der Waals surface area (Å²) in [6, 6.07) is 7.37. The van der Waals surface area contributed by atoms with Crippen molar-refractivity contribution in [3.63, 3.8) is 0 Å². The van der Waals surface area contributed by atoms with Gasteiger partial charge >= 0.3 is 11.9 Å². The van der Waals surface area contributed by atoms with Gasteiger partial charge in [0.15, 0.2) is 0 Å². The smallest absolute Gasteiger partial charge is 0.373 e. The number of benzene rings is 1. The Morgan fingerprint density at radius 3 is 2.48 bits per heavy atom. The molecule has 7 nitrogen and oxygen atoms in total. The van der Waals surface area contributed by atoms with E-state index in [4.69, 9.17) is 9.15 Å². The first-order valence-electron chi connectivity index (χ1n) is 8.22. The molecular weight excluding hydrogens is 357 g/mol. The first-order chi connectivity index (χ1) is 12.8. The molecule has 1 amide bonds. The number of hydrogen-bond acceptors (Lipinski definition) is 6. The third-order valence-corrected chi connectivity index (χ3v) is 3.73. The molecule has 0 radical (unpaired) electrons. The first-order valence-corrected chi connectivity index (χ1v) is 8.22. The Bertz CT molecular complexity index is 829. The van der Waals surface area contributed by atoms with Crippen molar-refractivity contribution in [2.24, 2.45) is 5.92 Å². The van der Waals surface area contributed by atoms with Gasteiger partial charge in [-0.3, -0.25) is 4.79 Å². The molecular formula is C19H20FNO6. The molecule has 144 valence electrons. The number of rotatable bonds is 7. The second kappa shape index (κ2) is 8.98. The molecule has 1 heterocycles. The molecule has 0 unspecified atom stereocenters. The molecule has 1 atom stereocenters. The quantitative estimate of drug-likeness (QED) is 0.746. The third-order valence-electron chi connectivity index (χ3n) is 3.73. The molecule has 27 heavy (non-hydrogen) atoms. The molecule has 0 aliphatic carbocycles. The fraction of sp³-hybridized carbons (Fsp3) is 0.316. The van der Waals surface area contributed by atoms with Gasteiger partial charge < -0.3 is 19.2 Å². The Hall–Kier alpha value is -3.16. The lowest BCUT2D eigenvalue weighted by molar-refractivity contribution is -0.149. The number of esters is 2. The van der Waals surface area contributed by atoms with Crippen molar-refractivity contribution >= 4 is 17.8 Å². The van der Waals surface area contributed by atoms with Crippen LogP contribution in [0, 0.1) is 11.7 Å². The van der Waals surface area contributed by atoms with Crippen LogP contribution in [0.3, 0.4) is 0 Å². The van der Waals surface area contributed by atoms with Crippen LogP contribution < -0.4 is 5.32 Å². The lowest BCUT2D eigenvalue weighted by atomic mass is 10.0. The summed E-state index contributed by atoms with van der Waals surface area (Å²) in [5.41, 5.74) is -0.162. The maximum absolute atomic E-state index is 13.7. The summed E-state index contributed by atoms with van der Waals surface area (Å²) in [5.74, 6) is -2.82. The van der Waals surface area contributed by atoms with Crippen molar-refractivity contribution in [2.75, 3.05) is 7.11 Å². The maximum Gasteiger partial charge on any atom is 0.373 e. The summed E-state index contributed by atoms with van der Waals surface area (Å²) in [5, 5.41) is 2.48. The van der Waals surface area contributed by atoms with Gasteiger partial charge in [0.1, 0.15) is 24.2 Å². The molecule has 0 bridgehead atoms. The Kier molecular flexibility index (Phi) is 6.70. The van der Waals surface area contributed by atoms with E-state index >= 15 is 0 Å². The van der Waals surface area contributed by atoms with Gasteiger partial charge in [-0.15, -0.1) is 0 Å². The molecule has 0 fully saturated rings. The van der Waals surface area contributed by atoms with Crippen molar-refractivity contribution in [1.29, 1.82) is 0 Å². The van der Waals surface area contributed by atoms with Crippen LogP contribution >= 0.6 is 0 Å². The first kappa shape index (κ1) is 20.2. The van der Waals surface area contributed by atoms with Crippen LogP contribution in [0.2, 0.25) is 0 Å². The van der Waals surface area contributed by atoms with E-state index in [1.165, 1.54) is 37.4 Å². The standard InChI is InChI=1S/C19H20FNO6/c1-11(2)16(21-17(22)13-6-4-5-7-14(13)20)19(24)26-10-12-8-9-15(27-12)18(23)25-3/h4-9,11,16H,10H2,1-3H3,(H,21,22)/t16-/m0/s1.